The molecule has 0 aliphatic carbocycles. The average molecular weight is 792 g/mol. The number of hydrogen-bond acceptors (Lipinski definition) is 13. The average Bonchev–Trinajstić information content (AvgIpc) is 3.83. The molecule has 5 rings (SSSR count). The van der Waals surface area contributed by atoms with Crippen LogP contribution < -0.4 is 5.32 Å². The van der Waals surface area contributed by atoms with E-state index in [1.165, 1.54) is 7.11 Å². The molecule has 17 atom stereocenters. The molecule has 0 aromatic heterocycles. The number of carboxylic acids is 1. The van der Waals surface area contributed by atoms with Crippen LogP contribution in [0, 0.1) is 35.5 Å². The molecule has 5 fully saturated rings. The highest BCUT2D eigenvalue weighted by atomic mass is 35.5. The molecule has 0 radical (unpaired) electrons. The van der Waals surface area contributed by atoms with Crippen molar-refractivity contribution in [3.63, 3.8) is 0 Å². The molecule has 15 nitrogen and oxygen atoms in total. The first-order valence-electron chi connectivity index (χ1n) is 19.4. The molecule has 0 saturated carbocycles. The van der Waals surface area contributed by atoms with Gasteiger partial charge in [-0.3, -0.25) is 14.9 Å². The third-order valence-electron chi connectivity index (χ3n) is 13.3. The Kier molecular flexibility index (Phi) is 13.4. The molecule has 0 aromatic rings. The number of aliphatic hydroxyl groups is 3. The zero-order chi connectivity index (χ0) is 40.0. The summed E-state index contributed by atoms with van der Waals surface area (Å²) in [4.78, 5) is 35.4. The van der Waals surface area contributed by atoms with Crippen molar-refractivity contribution in [2.45, 2.75) is 159 Å². The lowest BCUT2D eigenvalue weighted by Gasteiger charge is -2.48. The van der Waals surface area contributed by atoms with E-state index < -0.39 is 108 Å². The number of alkyl carbamates (subject to hydrolysis) is 1. The molecule has 16 heteroatoms. The van der Waals surface area contributed by atoms with Crippen LogP contribution in [0.4, 0.5) is 4.79 Å². The normalized spacial score (nSPS) is 45.6. The monoisotopic (exact) mass is 791 g/mol. The number of ether oxygens (including phenoxy) is 7. The Morgan fingerprint density at radius 2 is 1.72 bits per heavy atom. The Morgan fingerprint density at radius 3 is 2.35 bits per heavy atom. The van der Waals surface area contributed by atoms with Crippen molar-refractivity contribution < 1.29 is 68.0 Å². The first-order valence-corrected chi connectivity index (χ1v) is 20.0. The fourth-order valence-electron chi connectivity index (χ4n) is 9.99. The summed E-state index contributed by atoms with van der Waals surface area (Å²) in [6, 6.07) is 0. The number of hydrogen-bond donors (Lipinski definition) is 5. The number of halogens is 1. The highest BCUT2D eigenvalue weighted by molar-refractivity contribution is 6.28. The minimum atomic E-state index is -1.82. The zero-order valence-electron chi connectivity index (χ0n) is 32.8. The van der Waals surface area contributed by atoms with Crippen molar-refractivity contribution in [3.8, 4) is 0 Å². The standard InChI is InChI=1S/C38H62ClNO14/c1-19-13-21(3)38(47,18-49-34(46)40-28(43)16-39)53-29(19)26-14-20(2)32(50-26)36(17-41)10-9-27(51-36)35(7)11-12-37(54-35)15-25(42)22(4)31(52-37)23(5)30(48-8)24(6)33(44)45/h19-27,29-32,41-42,47H,9-18H2,1-8H3,(H,44,45)(H,40,43,46)/t19-,20-,21+,22+,23-,24-,25-,26+,27+,29-,30+,31-,32+,35-,36+,37+,38-/m0/s1. The van der Waals surface area contributed by atoms with Gasteiger partial charge >= 0.3 is 12.1 Å². The third-order valence-corrected chi connectivity index (χ3v) is 13.5. The van der Waals surface area contributed by atoms with Gasteiger partial charge in [-0.2, -0.15) is 0 Å². The maximum absolute atomic E-state index is 12.1. The van der Waals surface area contributed by atoms with Gasteiger partial charge < -0.3 is 53.6 Å². The lowest BCUT2D eigenvalue weighted by atomic mass is 9.78. The van der Waals surface area contributed by atoms with E-state index >= 15 is 0 Å². The van der Waals surface area contributed by atoms with Crippen molar-refractivity contribution >= 4 is 29.6 Å². The Bertz CT molecular complexity index is 1360. The van der Waals surface area contributed by atoms with Crippen LogP contribution in [0.3, 0.4) is 0 Å². The second kappa shape index (κ2) is 16.7. The van der Waals surface area contributed by atoms with Crippen molar-refractivity contribution in [1.29, 1.82) is 0 Å². The molecule has 2 amide bonds. The summed E-state index contributed by atoms with van der Waals surface area (Å²) >= 11 is 5.45. The third kappa shape index (κ3) is 8.46. The van der Waals surface area contributed by atoms with Gasteiger partial charge in [-0.25, -0.2) is 4.79 Å². The molecule has 5 aliphatic heterocycles. The van der Waals surface area contributed by atoms with Crippen LogP contribution >= 0.6 is 11.6 Å². The van der Waals surface area contributed by atoms with Gasteiger partial charge in [0.05, 0.1) is 60.9 Å². The highest BCUT2D eigenvalue weighted by Crippen LogP contribution is 2.54. The van der Waals surface area contributed by atoms with E-state index in [9.17, 15) is 34.8 Å². The lowest BCUT2D eigenvalue weighted by molar-refractivity contribution is -0.336. The number of carboxylic acid groups (broad SMARTS) is 1. The van der Waals surface area contributed by atoms with Crippen LogP contribution in [-0.4, -0.2) is 130 Å². The van der Waals surface area contributed by atoms with E-state index in [4.69, 9.17) is 44.8 Å². The second-order valence-electron chi connectivity index (χ2n) is 17.2. The van der Waals surface area contributed by atoms with Gasteiger partial charge in [0.15, 0.2) is 5.79 Å². The highest BCUT2D eigenvalue weighted by Gasteiger charge is 2.62. The number of aliphatic hydroxyl groups excluding tert-OH is 2. The van der Waals surface area contributed by atoms with E-state index in [-0.39, 0.29) is 36.7 Å². The molecule has 5 saturated heterocycles. The Balaban J connectivity index is 1.26. The van der Waals surface area contributed by atoms with Crippen LogP contribution in [0.25, 0.3) is 0 Å². The lowest BCUT2D eigenvalue weighted by Crippen LogP contribution is -2.57. The molecule has 5 N–H and O–H groups in total. The van der Waals surface area contributed by atoms with E-state index in [0.717, 1.165) is 0 Å². The number of nitrogens with one attached hydrogen (secondary N) is 1. The van der Waals surface area contributed by atoms with Crippen molar-refractivity contribution in [1.82, 2.24) is 5.32 Å². The molecule has 5 aliphatic rings. The summed E-state index contributed by atoms with van der Waals surface area (Å²) in [5.41, 5.74) is -1.84. The maximum Gasteiger partial charge on any atom is 0.414 e. The van der Waals surface area contributed by atoms with Crippen LogP contribution in [0.5, 0.6) is 0 Å². The summed E-state index contributed by atoms with van der Waals surface area (Å²) in [6.07, 6.45) is -1.29. The van der Waals surface area contributed by atoms with Crippen LogP contribution in [-0.2, 0) is 42.7 Å². The van der Waals surface area contributed by atoms with Gasteiger partial charge in [-0.05, 0) is 57.8 Å². The predicted octanol–water partition coefficient (Wildman–Crippen LogP) is 3.35. The summed E-state index contributed by atoms with van der Waals surface area (Å²) in [5.74, 6) is -6.91. The number of methoxy groups -OCH3 is 1. The fraction of sp³-hybridized carbons (Fsp3) is 0.921. The number of imide groups is 1. The van der Waals surface area contributed by atoms with Gasteiger partial charge in [-0.1, -0.05) is 34.6 Å². The summed E-state index contributed by atoms with van der Waals surface area (Å²) < 4.78 is 44.2. The van der Waals surface area contributed by atoms with Gasteiger partial charge in [0.1, 0.15) is 18.1 Å². The predicted molar refractivity (Wildman–Crippen MR) is 192 cm³/mol. The zero-order valence-corrected chi connectivity index (χ0v) is 33.6. The van der Waals surface area contributed by atoms with E-state index in [2.05, 4.69) is 0 Å². The number of aliphatic carboxylic acids is 1. The van der Waals surface area contributed by atoms with Crippen molar-refractivity contribution in [2.75, 3.05) is 26.2 Å². The van der Waals surface area contributed by atoms with Crippen molar-refractivity contribution in [2.24, 2.45) is 35.5 Å². The molecule has 54 heavy (non-hydrogen) atoms. The van der Waals surface area contributed by atoms with Gasteiger partial charge in [0.25, 0.3) is 0 Å². The van der Waals surface area contributed by atoms with Gasteiger partial charge in [-0.15, -0.1) is 11.6 Å². The summed E-state index contributed by atoms with van der Waals surface area (Å²) in [5, 5.41) is 45.4. The first-order chi connectivity index (χ1) is 25.3. The molecule has 0 unspecified atom stereocenters. The molecule has 0 bridgehead atoms. The molecular weight excluding hydrogens is 730 g/mol. The van der Waals surface area contributed by atoms with Crippen LogP contribution in [0.1, 0.15) is 93.4 Å². The summed E-state index contributed by atoms with van der Waals surface area (Å²) in [7, 11) is 1.49. The van der Waals surface area contributed by atoms with Crippen molar-refractivity contribution in [3.05, 3.63) is 0 Å². The molecule has 310 valence electrons. The first kappa shape index (κ1) is 43.5. The smallest absolute Gasteiger partial charge is 0.414 e. The maximum atomic E-state index is 12.1. The molecule has 5 heterocycles. The number of alkyl halides is 1. The van der Waals surface area contributed by atoms with E-state index in [1.54, 1.807) is 13.8 Å². The largest absolute Gasteiger partial charge is 0.481 e. The van der Waals surface area contributed by atoms with Crippen LogP contribution in [0.2, 0.25) is 0 Å². The topological polar surface area (TPSA) is 209 Å². The molecular formula is C38H62ClNO14. The Labute approximate surface area is 323 Å². The molecule has 1 spiro atoms. The van der Waals surface area contributed by atoms with Gasteiger partial charge in [0.2, 0.25) is 11.7 Å². The SMILES string of the molecule is CO[C@H]([C@H](C)[C@H]1O[C@@]2(CC[C@@](C)([C@H]3CC[C@@](CO)([C@@H]4O[C@@H]([C@H]5O[C@@](O)(COC(=O)NC(=O)CCl)[C@H](C)C[C@@H]5C)C[C@@H]4C)O3)O2)C[C@H](O)[C@H]1C)[C@H](C)C(=O)O. The number of carbonyl (C=O) groups is 3. The minimum Gasteiger partial charge on any atom is -0.481 e. The van der Waals surface area contributed by atoms with Crippen LogP contribution in [0.15, 0.2) is 0 Å². The van der Waals surface area contributed by atoms with E-state index in [0.29, 0.717) is 38.5 Å². The minimum absolute atomic E-state index is 0.0150. The summed E-state index contributed by atoms with van der Waals surface area (Å²) in [6.45, 7) is 12.5. The second-order valence-corrected chi connectivity index (χ2v) is 17.5. The molecule has 0 aromatic carbocycles. The Hall–Kier alpha value is -1.66. The van der Waals surface area contributed by atoms with E-state index in [1.807, 2.05) is 39.9 Å². The number of carbonyl (C=O) groups excluding carboxylic acids is 2. The fourth-order valence-corrected chi connectivity index (χ4v) is 10.1. The quantitative estimate of drug-likeness (QED) is 0.180. The Morgan fingerprint density at radius 1 is 1.02 bits per heavy atom. The number of rotatable bonds is 12. The van der Waals surface area contributed by atoms with Gasteiger partial charge in [0, 0.05) is 37.7 Å². The number of amides is 2.